The van der Waals surface area contributed by atoms with E-state index in [9.17, 15) is 43.2 Å². The molecule has 19 heteroatoms. The van der Waals surface area contributed by atoms with Crippen molar-refractivity contribution in [1.29, 1.82) is 0 Å². The monoisotopic (exact) mass is 1610 g/mol. The number of aliphatic hydroxyl groups is 1. The molecule has 0 aliphatic rings. The molecule has 0 bridgehead atoms. The maximum Gasteiger partial charge on any atom is 0.472 e. The average Bonchev–Trinajstić information content (AvgIpc) is 0.900. The molecule has 0 fully saturated rings. The van der Waals surface area contributed by atoms with E-state index in [1.807, 2.05) is 0 Å². The number of phosphoric ester groups is 2. The van der Waals surface area contributed by atoms with E-state index in [-0.39, 0.29) is 25.7 Å². The molecule has 0 amide bonds. The van der Waals surface area contributed by atoms with Crippen LogP contribution in [-0.4, -0.2) is 96.7 Å². The van der Waals surface area contributed by atoms with E-state index in [0.29, 0.717) is 25.7 Å². The summed E-state index contributed by atoms with van der Waals surface area (Å²) in [6, 6.07) is 0. The Hall–Kier alpha value is -1.94. The number of esters is 4. The van der Waals surface area contributed by atoms with Crippen molar-refractivity contribution in [1.82, 2.24) is 0 Å². The number of aliphatic hydroxyl groups excluding tert-OH is 1. The first-order chi connectivity index (χ1) is 53.4. The van der Waals surface area contributed by atoms with E-state index in [4.69, 9.17) is 37.0 Å². The van der Waals surface area contributed by atoms with Gasteiger partial charge < -0.3 is 33.8 Å². The van der Waals surface area contributed by atoms with Gasteiger partial charge in [0.15, 0.2) is 12.2 Å². The highest BCUT2D eigenvalue weighted by Crippen LogP contribution is 2.45. The van der Waals surface area contributed by atoms with Gasteiger partial charge in [-0.05, 0) is 37.5 Å². The Morgan fingerprint density at radius 3 is 0.618 bits per heavy atom. The van der Waals surface area contributed by atoms with Crippen LogP contribution in [0.4, 0.5) is 0 Å². The molecule has 0 spiro atoms. The molecule has 0 aliphatic carbocycles. The van der Waals surface area contributed by atoms with E-state index < -0.39 is 97.5 Å². The van der Waals surface area contributed by atoms with Crippen LogP contribution >= 0.6 is 15.6 Å². The Kier molecular flexibility index (Phi) is 80.7. The molecule has 0 aromatic carbocycles. The Labute approximate surface area is 677 Å². The summed E-state index contributed by atoms with van der Waals surface area (Å²) in [6.45, 7) is 9.67. The minimum absolute atomic E-state index is 0.107. The zero-order valence-electron chi connectivity index (χ0n) is 72.6. The van der Waals surface area contributed by atoms with Crippen LogP contribution in [0.25, 0.3) is 0 Å². The first-order valence-corrected chi connectivity index (χ1v) is 50.0. The van der Waals surface area contributed by atoms with Gasteiger partial charge in [-0.15, -0.1) is 0 Å². The number of hydrogen-bond donors (Lipinski definition) is 3. The highest BCUT2D eigenvalue weighted by molar-refractivity contribution is 7.47. The summed E-state index contributed by atoms with van der Waals surface area (Å²) in [4.78, 5) is 73.4. The van der Waals surface area contributed by atoms with Crippen LogP contribution in [0.5, 0.6) is 0 Å². The van der Waals surface area contributed by atoms with Crippen molar-refractivity contribution in [3.63, 3.8) is 0 Å². The third-order valence-corrected chi connectivity index (χ3v) is 23.4. The molecule has 17 nitrogen and oxygen atoms in total. The van der Waals surface area contributed by atoms with Crippen molar-refractivity contribution in [3.8, 4) is 0 Å². The van der Waals surface area contributed by atoms with E-state index in [1.165, 1.54) is 308 Å². The molecule has 654 valence electrons. The third-order valence-electron chi connectivity index (χ3n) is 21.5. The minimum Gasteiger partial charge on any atom is -0.462 e. The summed E-state index contributed by atoms with van der Waals surface area (Å²) in [5.41, 5.74) is 0. The molecule has 0 heterocycles. The number of ether oxygens (including phenoxy) is 4. The first kappa shape index (κ1) is 108. The normalized spacial score (nSPS) is 13.7. The number of rotatable bonds is 90. The zero-order chi connectivity index (χ0) is 80.6. The Balaban J connectivity index is 5.22. The van der Waals surface area contributed by atoms with Crippen molar-refractivity contribution in [3.05, 3.63) is 0 Å². The van der Waals surface area contributed by atoms with E-state index in [1.54, 1.807) is 0 Å². The number of carbonyl (C=O) groups excluding carboxylic acids is 4. The van der Waals surface area contributed by atoms with Crippen LogP contribution in [0.15, 0.2) is 0 Å². The van der Waals surface area contributed by atoms with Gasteiger partial charge in [-0.25, -0.2) is 9.13 Å². The Bertz CT molecular complexity index is 2100. The molecule has 110 heavy (non-hydrogen) atoms. The van der Waals surface area contributed by atoms with Gasteiger partial charge in [0, 0.05) is 25.7 Å². The topological polar surface area (TPSA) is 237 Å². The van der Waals surface area contributed by atoms with Crippen LogP contribution in [0.3, 0.4) is 0 Å². The fraction of sp³-hybridized carbons (Fsp3) is 0.956. The van der Waals surface area contributed by atoms with Gasteiger partial charge in [0.05, 0.1) is 26.4 Å². The second-order valence-electron chi connectivity index (χ2n) is 33.6. The molecule has 5 atom stereocenters. The van der Waals surface area contributed by atoms with Gasteiger partial charge in [-0.1, -0.05) is 440 Å². The average molecular weight is 1610 g/mol. The number of unbranched alkanes of at least 4 members (excludes halogenated alkanes) is 60. The molecular formula is C91H178O17P2. The predicted molar refractivity (Wildman–Crippen MR) is 455 cm³/mol. The zero-order valence-corrected chi connectivity index (χ0v) is 74.4. The SMILES string of the molecule is CCCCCCCCCCCCCCCCCCCCCCCCC(=O)O[C@H](COC(=O)CCCCCCCCCCCCCCCCCCCCCCC)COP(=O)(O)OC[C@@H](O)COP(=O)(O)OC[C@@H](COC(=O)CCCCCCCCCCC(C)C)OC(=O)CCCCCCCCCCCCCCCC(C)C. The Morgan fingerprint density at radius 2 is 0.418 bits per heavy atom. The lowest BCUT2D eigenvalue weighted by Crippen LogP contribution is -2.30. The molecular weight excluding hydrogens is 1430 g/mol. The van der Waals surface area contributed by atoms with E-state index in [2.05, 4.69) is 41.5 Å². The van der Waals surface area contributed by atoms with E-state index in [0.717, 1.165) is 102 Å². The van der Waals surface area contributed by atoms with Crippen LogP contribution in [-0.2, 0) is 65.4 Å². The lowest BCUT2D eigenvalue weighted by atomic mass is 10.0. The highest BCUT2D eigenvalue weighted by atomic mass is 31.2. The Morgan fingerprint density at radius 1 is 0.245 bits per heavy atom. The van der Waals surface area contributed by atoms with Crippen LogP contribution < -0.4 is 0 Å². The first-order valence-electron chi connectivity index (χ1n) is 47.0. The largest absolute Gasteiger partial charge is 0.472 e. The molecule has 0 radical (unpaired) electrons. The molecule has 0 saturated carbocycles. The van der Waals surface area contributed by atoms with E-state index >= 15 is 0 Å². The second kappa shape index (κ2) is 82.2. The molecule has 2 unspecified atom stereocenters. The van der Waals surface area contributed by atoms with Gasteiger partial charge in [-0.2, -0.15) is 0 Å². The number of hydrogen-bond acceptors (Lipinski definition) is 15. The summed E-state index contributed by atoms with van der Waals surface area (Å²) < 4.78 is 69.0. The molecule has 0 rings (SSSR count). The molecule has 0 saturated heterocycles. The lowest BCUT2D eigenvalue weighted by Gasteiger charge is -2.21. The summed E-state index contributed by atoms with van der Waals surface area (Å²) in [7, 11) is -9.93. The third kappa shape index (κ3) is 84.0. The van der Waals surface area contributed by atoms with Crippen molar-refractivity contribution in [2.75, 3.05) is 39.6 Å². The highest BCUT2D eigenvalue weighted by Gasteiger charge is 2.31. The van der Waals surface area contributed by atoms with Crippen molar-refractivity contribution in [2.24, 2.45) is 11.8 Å². The fourth-order valence-corrected chi connectivity index (χ4v) is 15.9. The maximum absolute atomic E-state index is 13.2. The fourth-order valence-electron chi connectivity index (χ4n) is 14.3. The smallest absolute Gasteiger partial charge is 0.462 e. The molecule has 0 aromatic heterocycles. The van der Waals surface area contributed by atoms with Crippen molar-refractivity contribution >= 4 is 39.5 Å². The summed E-state index contributed by atoms with van der Waals surface area (Å²) >= 11 is 0. The molecule has 3 N–H and O–H groups in total. The standard InChI is InChI=1S/C91H178O17P2/c1-7-9-11-13-15-17-19-21-23-25-27-29-31-33-35-37-41-45-49-57-63-69-75-90(95)107-86(79-101-88(93)73-67-61-55-48-44-40-36-34-32-30-28-26-24-22-20-18-16-14-12-10-8-2)81-105-109(97,98)103-77-85(92)78-104-110(99,100)106-82-87(80-102-89(94)74-68-62-56-52-51-54-60-66-72-84(5)6)108-91(96)76-70-64-58-50-46-42-38-39-43-47-53-59-65-71-83(3)4/h83-87,92H,7-82H2,1-6H3,(H,97,98)(H,99,100)/t85-,86-,87-/m1/s1. The van der Waals surface area contributed by atoms with Gasteiger partial charge in [0.1, 0.15) is 19.3 Å². The van der Waals surface area contributed by atoms with Crippen molar-refractivity contribution in [2.45, 2.75) is 509 Å². The quantitative estimate of drug-likeness (QED) is 0.0222. The van der Waals surface area contributed by atoms with Gasteiger partial charge >= 0.3 is 39.5 Å². The summed E-state index contributed by atoms with van der Waals surface area (Å²) in [6.07, 6.45) is 76.7. The van der Waals surface area contributed by atoms with Crippen LogP contribution in [0.1, 0.15) is 491 Å². The number of phosphoric acid groups is 2. The second-order valence-corrected chi connectivity index (χ2v) is 36.6. The predicted octanol–water partition coefficient (Wildman–Crippen LogP) is 28.2. The summed E-state index contributed by atoms with van der Waals surface area (Å²) in [5.74, 6) is -0.586. The maximum atomic E-state index is 13.2. The lowest BCUT2D eigenvalue weighted by molar-refractivity contribution is -0.161. The molecule has 0 aliphatic heterocycles. The van der Waals surface area contributed by atoms with Crippen LogP contribution in [0.2, 0.25) is 0 Å². The summed E-state index contributed by atoms with van der Waals surface area (Å²) in [5, 5.41) is 10.7. The van der Waals surface area contributed by atoms with Crippen LogP contribution in [0, 0.1) is 11.8 Å². The molecule has 0 aromatic rings. The minimum atomic E-state index is -4.97. The van der Waals surface area contributed by atoms with Gasteiger partial charge in [-0.3, -0.25) is 37.3 Å². The van der Waals surface area contributed by atoms with Crippen molar-refractivity contribution < 1.29 is 80.2 Å². The number of carbonyl (C=O) groups is 4. The van der Waals surface area contributed by atoms with Gasteiger partial charge in [0.2, 0.25) is 0 Å². The van der Waals surface area contributed by atoms with Gasteiger partial charge in [0.25, 0.3) is 0 Å².